The minimum Gasteiger partial charge on any atom is -0.455 e. The predicted molar refractivity (Wildman–Crippen MR) is 117 cm³/mol. The van der Waals surface area contributed by atoms with Crippen LogP contribution in [0, 0.1) is 6.92 Å². The first kappa shape index (κ1) is 20.3. The van der Waals surface area contributed by atoms with E-state index in [0.29, 0.717) is 5.69 Å². The zero-order valence-electron chi connectivity index (χ0n) is 16.9. The molecule has 5 nitrogen and oxygen atoms in total. The van der Waals surface area contributed by atoms with Crippen molar-refractivity contribution < 1.29 is 14.3 Å². The molecule has 3 aromatic rings. The number of amides is 1. The first-order valence-corrected chi connectivity index (χ1v) is 11.0. The number of nitrogens with one attached hydrogen (secondary N) is 1. The number of carbonyl (C=O) groups excluding carboxylic acids is 2. The lowest BCUT2D eigenvalue weighted by atomic mass is 9.88. The van der Waals surface area contributed by atoms with Crippen LogP contribution >= 0.6 is 11.3 Å². The quantitative estimate of drug-likeness (QED) is 0.600. The molecular formula is C24H24N2O3S. The number of aromatic nitrogens is 1. The van der Waals surface area contributed by atoms with Crippen LogP contribution in [0.3, 0.4) is 0 Å². The smallest absolute Gasteiger partial charge is 0.312 e. The number of hydrogen-bond donors (Lipinski definition) is 1. The fourth-order valence-corrected chi connectivity index (χ4v) is 4.60. The Morgan fingerprint density at radius 1 is 1.20 bits per heavy atom. The molecule has 0 spiro atoms. The Morgan fingerprint density at radius 3 is 2.93 bits per heavy atom. The highest BCUT2D eigenvalue weighted by molar-refractivity contribution is 7.13. The Labute approximate surface area is 180 Å². The Morgan fingerprint density at radius 2 is 2.07 bits per heavy atom. The van der Waals surface area contributed by atoms with Gasteiger partial charge in [-0.15, -0.1) is 11.3 Å². The average molecular weight is 421 g/mol. The predicted octanol–water partition coefficient (Wildman–Crippen LogP) is 4.40. The number of thiazole rings is 1. The van der Waals surface area contributed by atoms with Crippen LogP contribution in [0.5, 0.6) is 0 Å². The molecule has 1 N–H and O–H groups in total. The van der Waals surface area contributed by atoms with Crippen LogP contribution in [0.2, 0.25) is 0 Å². The van der Waals surface area contributed by atoms with Crippen LogP contribution in [-0.2, 0) is 27.2 Å². The molecule has 1 aliphatic rings. The summed E-state index contributed by atoms with van der Waals surface area (Å²) < 4.78 is 5.19. The highest BCUT2D eigenvalue weighted by Crippen LogP contribution is 2.29. The van der Waals surface area contributed by atoms with Crippen LogP contribution in [0.15, 0.2) is 53.9 Å². The Hall–Kier alpha value is -2.99. The fraction of sp³-hybridized carbons (Fsp3) is 0.292. The Kier molecular flexibility index (Phi) is 6.23. The number of hydrogen-bond acceptors (Lipinski definition) is 5. The second-order valence-electron chi connectivity index (χ2n) is 7.56. The van der Waals surface area contributed by atoms with Crippen LogP contribution in [0.4, 0.5) is 0 Å². The van der Waals surface area contributed by atoms with Crippen molar-refractivity contribution in [3.63, 3.8) is 0 Å². The Bertz CT molecular complexity index is 1060. The van der Waals surface area contributed by atoms with Gasteiger partial charge in [-0.25, -0.2) is 4.98 Å². The van der Waals surface area contributed by atoms with E-state index in [0.717, 1.165) is 41.0 Å². The van der Waals surface area contributed by atoms with Gasteiger partial charge in [-0.2, -0.15) is 0 Å². The van der Waals surface area contributed by atoms with E-state index in [1.54, 1.807) is 0 Å². The van der Waals surface area contributed by atoms with Gasteiger partial charge >= 0.3 is 5.97 Å². The SMILES string of the molecule is Cc1cccc(-c2nc(CC(=O)OCC(=O)N[C@@H]3CCCc4ccccc43)cs2)c1. The molecule has 4 rings (SSSR count). The van der Waals surface area contributed by atoms with Gasteiger partial charge in [0.2, 0.25) is 0 Å². The summed E-state index contributed by atoms with van der Waals surface area (Å²) in [5.74, 6) is -0.723. The summed E-state index contributed by atoms with van der Waals surface area (Å²) in [6.45, 7) is 1.76. The molecule has 6 heteroatoms. The standard InChI is InChI=1S/C24H24N2O3S/c1-16-6-4-9-18(12-16)24-25-19(15-30-24)13-23(28)29-14-22(27)26-21-11-5-8-17-7-2-3-10-20(17)21/h2-4,6-7,9-10,12,15,21H,5,8,11,13-14H2,1H3,(H,26,27)/t21-/m1/s1. The van der Waals surface area contributed by atoms with Crippen LogP contribution in [0.1, 0.15) is 41.3 Å². The Balaban J connectivity index is 1.28. The third-order valence-corrected chi connectivity index (χ3v) is 6.15. The molecule has 0 saturated heterocycles. The van der Waals surface area contributed by atoms with Crippen molar-refractivity contribution in [1.82, 2.24) is 10.3 Å². The number of rotatable bonds is 6. The van der Waals surface area contributed by atoms with Gasteiger partial charge in [0.1, 0.15) is 5.01 Å². The van der Waals surface area contributed by atoms with Crippen molar-refractivity contribution in [2.24, 2.45) is 0 Å². The molecule has 154 valence electrons. The van der Waals surface area contributed by atoms with Gasteiger partial charge < -0.3 is 10.1 Å². The van der Waals surface area contributed by atoms with Gasteiger partial charge in [0.15, 0.2) is 6.61 Å². The molecule has 1 aliphatic carbocycles. The van der Waals surface area contributed by atoms with E-state index in [9.17, 15) is 9.59 Å². The lowest BCUT2D eigenvalue weighted by molar-refractivity contribution is -0.148. The van der Waals surface area contributed by atoms with Gasteiger partial charge in [-0.05, 0) is 43.4 Å². The summed E-state index contributed by atoms with van der Waals surface area (Å²) in [5, 5.41) is 5.73. The van der Waals surface area contributed by atoms with Gasteiger partial charge in [0, 0.05) is 10.9 Å². The van der Waals surface area contributed by atoms with E-state index in [4.69, 9.17) is 4.74 Å². The minimum atomic E-state index is -0.449. The number of carbonyl (C=O) groups is 2. The van der Waals surface area contributed by atoms with Crippen molar-refractivity contribution in [2.75, 3.05) is 6.61 Å². The molecule has 1 aromatic heterocycles. The summed E-state index contributed by atoms with van der Waals surface area (Å²) in [7, 11) is 0. The van der Waals surface area contributed by atoms with Crippen molar-refractivity contribution in [3.8, 4) is 10.6 Å². The number of nitrogens with zero attached hydrogens (tertiary/aromatic N) is 1. The van der Waals surface area contributed by atoms with Gasteiger partial charge in [0.25, 0.3) is 5.91 Å². The maximum absolute atomic E-state index is 12.3. The molecule has 0 radical (unpaired) electrons. The minimum absolute atomic E-state index is 0.0171. The molecule has 0 saturated carbocycles. The number of aryl methyl sites for hydroxylation is 2. The first-order valence-electron chi connectivity index (χ1n) is 10.1. The summed E-state index contributed by atoms with van der Waals surface area (Å²) in [6, 6.07) is 16.2. The first-order chi connectivity index (χ1) is 14.6. The van der Waals surface area contributed by atoms with E-state index < -0.39 is 5.97 Å². The average Bonchev–Trinajstić information content (AvgIpc) is 3.21. The van der Waals surface area contributed by atoms with Crippen molar-refractivity contribution in [2.45, 2.75) is 38.6 Å². The zero-order chi connectivity index (χ0) is 20.9. The second kappa shape index (κ2) is 9.22. The van der Waals surface area contributed by atoms with Crippen LogP contribution in [0.25, 0.3) is 10.6 Å². The molecule has 0 bridgehead atoms. The summed E-state index contributed by atoms with van der Waals surface area (Å²) >= 11 is 1.50. The monoisotopic (exact) mass is 420 g/mol. The number of benzene rings is 2. The third-order valence-electron chi connectivity index (χ3n) is 5.21. The van der Waals surface area contributed by atoms with Gasteiger partial charge in [-0.3, -0.25) is 9.59 Å². The van der Waals surface area contributed by atoms with Crippen LogP contribution in [-0.4, -0.2) is 23.5 Å². The molecule has 0 aliphatic heterocycles. The summed E-state index contributed by atoms with van der Waals surface area (Å²) in [6.07, 6.45) is 3.03. The maximum Gasteiger partial charge on any atom is 0.312 e. The highest BCUT2D eigenvalue weighted by Gasteiger charge is 2.22. The van der Waals surface area contributed by atoms with E-state index in [-0.39, 0.29) is 25.0 Å². The summed E-state index contributed by atoms with van der Waals surface area (Å²) in [5.41, 5.74) is 5.29. The molecular weight excluding hydrogens is 396 g/mol. The lowest BCUT2D eigenvalue weighted by Gasteiger charge is -2.26. The van der Waals surface area contributed by atoms with Gasteiger partial charge in [-0.1, -0.05) is 48.0 Å². The zero-order valence-corrected chi connectivity index (χ0v) is 17.7. The van der Waals surface area contributed by atoms with E-state index in [1.807, 2.05) is 42.6 Å². The molecule has 0 unspecified atom stereocenters. The molecule has 2 aromatic carbocycles. The normalized spacial score (nSPS) is 15.3. The molecule has 0 fully saturated rings. The number of esters is 1. The van der Waals surface area contributed by atoms with Crippen molar-refractivity contribution in [1.29, 1.82) is 0 Å². The summed E-state index contributed by atoms with van der Waals surface area (Å²) in [4.78, 5) is 29.0. The molecule has 1 heterocycles. The topological polar surface area (TPSA) is 68.3 Å². The highest BCUT2D eigenvalue weighted by atomic mass is 32.1. The van der Waals surface area contributed by atoms with E-state index >= 15 is 0 Å². The molecule has 1 atom stereocenters. The largest absolute Gasteiger partial charge is 0.455 e. The number of ether oxygens (including phenoxy) is 1. The molecule has 1 amide bonds. The van der Waals surface area contributed by atoms with Crippen LogP contribution < -0.4 is 5.32 Å². The van der Waals surface area contributed by atoms with E-state index in [1.165, 1.54) is 16.9 Å². The maximum atomic E-state index is 12.3. The van der Waals surface area contributed by atoms with Crippen molar-refractivity contribution in [3.05, 3.63) is 76.3 Å². The fourth-order valence-electron chi connectivity index (χ4n) is 3.78. The second-order valence-corrected chi connectivity index (χ2v) is 8.42. The van der Waals surface area contributed by atoms with Crippen molar-refractivity contribution >= 4 is 23.2 Å². The van der Waals surface area contributed by atoms with Gasteiger partial charge in [0.05, 0.1) is 18.2 Å². The number of fused-ring (bicyclic) bond motifs is 1. The van der Waals surface area contributed by atoms with E-state index in [2.05, 4.69) is 28.5 Å². The third kappa shape index (κ3) is 4.94. The lowest BCUT2D eigenvalue weighted by Crippen LogP contribution is -2.34. The molecule has 30 heavy (non-hydrogen) atoms.